The molecule has 3 aliphatic heterocycles. The zero-order valence-electron chi connectivity index (χ0n) is 73.4. The number of rotatable bonds is 43. The van der Waals surface area contributed by atoms with Gasteiger partial charge in [-0.25, -0.2) is 19.8 Å². The third kappa shape index (κ3) is 29.1. The molecule has 4 aromatic heterocycles. The number of thiophene rings is 4. The second-order valence-electron chi connectivity index (χ2n) is 30.0. The standard InChI is InChI=1S/C27H29N3O2S.C25H25N3O4S.C24H34N2O5S.C21H27N3O3S/c1-3-4-14-30(15-16-31)22-12-11-21-17-23(33-25(21)18-22)19-24-27(32)29(2)26(28-24)13-10-20-8-6-5-7-9-20;1-27(11-13-32-12-10-23(29)30)19-9-8-18-14-20(33-22(18)15-19)16-21-25(31)28(2)24(26-21)17-6-4-3-5-7-17;1-20(25-2)17-23-18-21-5-6-22(19-24(21)32-23)26(3)7-8-28-11-12-30-15-16-31-14-13-29-10-9-27-4;1-4-5-8-24(12-17(26)13-25)16-7-6-15-9-18(28-20(15)10-16)11-19-21(27)23(3)14(2)22-19/h5-13,17-19,31H,3-4,14-16H2,1-2H3;3-9,14-16H,10-13H2,1-2H3,(H,29,30);5-6,17-19H,7-16H2,1,3-4H3;6-7,9-11,17,25-26H,4-5,8,12-13H2,1-3H3/b13-10+,24-19+;21-16+;20-17-;19-11+. The van der Waals surface area contributed by atoms with Crippen molar-refractivity contribution >= 4 is 180 Å². The van der Waals surface area contributed by atoms with Gasteiger partial charge in [0.1, 0.15) is 34.6 Å². The summed E-state index contributed by atoms with van der Waals surface area (Å²) in [5, 5.41) is 41.8. The van der Waals surface area contributed by atoms with Gasteiger partial charge in [0.05, 0.1) is 105 Å². The van der Waals surface area contributed by atoms with Crippen molar-refractivity contribution in [3.63, 3.8) is 0 Å². The zero-order chi connectivity index (χ0) is 89.9. The Kier molecular flexibility index (Phi) is 38.9. The van der Waals surface area contributed by atoms with Crippen molar-refractivity contribution in [3.8, 4) is 0 Å². The number of amides is 3. The number of nitrogens with zero attached hydrogens (tertiary/aromatic N) is 11. The van der Waals surface area contributed by atoms with E-state index >= 15 is 0 Å². The first kappa shape index (κ1) is 97.3. The number of unbranched alkanes of at least 4 members (excludes halogenated alkanes) is 2. The predicted octanol–water partition coefficient (Wildman–Crippen LogP) is 16.9. The maximum atomic E-state index is 12.7. The number of anilines is 4. The fourth-order valence-corrected chi connectivity index (χ4v) is 17.5. The van der Waals surface area contributed by atoms with Gasteiger partial charge < -0.3 is 68.4 Å². The second-order valence-corrected chi connectivity index (χ2v) is 34.4. The van der Waals surface area contributed by atoms with Crippen LogP contribution in [0.5, 0.6) is 0 Å². The lowest BCUT2D eigenvalue weighted by molar-refractivity contribution is -0.138. The number of carboxylic acids is 1. The summed E-state index contributed by atoms with van der Waals surface area (Å²) in [5.41, 5.74) is 8.36. The second kappa shape index (κ2) is 50.4. The van der Waals surface area contributed by atoms with Crippen LogP contribution in [0.15, 0.2) is 202 Å². The summed E-state index contributed by atoms with van der Waals surface area (Å²) in [5.74, 6) is 0.832. The number of ether oxygens (including phenoxy) is 6. The number of hydrogen-bond acceptors (Lipinski definition) is 24. The number of carbonyl (C=O) groups excluding carboxylic acids is 3. The summed E-state index contributed by atoms with van der Waals surface area (Å²) in [4.78, 5) is 82.6. The van der Waals surface area contributed by atoms with Gasteiger partial charge in [0, 0.05) is 148 Å². The van der Waals surface area contributed by atoms with E-state index in [-0.39, 0.29) is 44.0 Å². The summed E-state index contributed by atoms with van der Waals surface area (Å²) in [7, 11) is 10.9. The number of likely N-dealkylation sites (N-methyl/N-ethyl adjacent to an activating group) is 5. The summed E-state index contributed by atoms with van der Waals surface area (Å²) < 4.78 is 36.8. The van der Waals surface area contributed by atoms with Gasteiger partial charge in [0.15, 0.2) is 5.70 Å². The van der Waals surface area contributed by atoms with Crippen LogP contribution in [0.2, 0.25) is 0 Å². The van der Waals surface area contributed by atoms with E-state index < -0.39 is 12.1 Å². The number of benzene rings is 6. The van der Waals surface area contributed by atoms with Gasteiger partial charge >= 0.3 is 5.97 Å². The fraction of sp³-hybridized carbons (Fsp3) is 0.361. The topological polar surface area (TPSA) is 269 Å². The van der Waals surface area contributed by atoms with Gasteiger partial charge in [-0.1, -0.05) is 118 Å². The van der Waals surface area contributed by atoms with Crippen LogP contribution < -0.4 is 19.6 Å². The van der Waals surface area contributed by atoms with Gasteiger partial charge in [-0.15, -0.1) is 45.3 Å². The number of amidine groups is 3. The fourth-order valence-electron chi connectivity index (χ4n) is 13.3. The van der Waals surface area contributed by atoms with Crippen molar-refractivity contribution in [1.82, 2.24) is 14.7 Å². The number of methoxy groups -OCH3 is 1. The van der Waals surface area contributed by atoms with Crippen LogP contribution in [0.3, 0.4) is 0 Å². The number of carbonyl (C=O) groups is 4. The van der Waals surface area contributed by atoms with E-state index in [2.05, 4.69) is 145 Å². The van der Waals surface area contributed by atoms with Crippen molar-refractivity contribution < 1.29 is 68.0 Å². The summed E-state index contributed by atoms with van der Waals surface area (Å²) in [6, 6.07) is 53.3. The van der Waals surface area contributed by atoms with Crippen LogP contribution in [0, 0.1) is 6.57 Å². The Morgan fingerprint density at radius 2 is 0.937 bits per heavy atom. The Morgan fingerprint density at radius 3 is 1.41 bits per heavy atom. The molecular formula is C97H115N11O14S4. The molecule has 0 radical (unpaired) electrons. The molecule has 0 saturated carbocycles. The van der Waals surface area contributed by atoms with E-state index in [1.165, 1.54) is 10.1 Å². The molecule has 3 amide bonds. The molecule has 0 saturated heterocycles. The average molecular weight is 1790 g/mol. The normalized spacial score (nSPS) is 14.6. The first-order chi connectivity index (χ1) is 61.1. The lowest BCUT2D eigenvalue weighted by Gasteiger charge is -2.26. The molecule has 10 aromatic rings. The van der Waals surface area contributed by atoms with Gasteiger partial charge in [-0.2, -0.15) is 0 Å². The van der Waals surface area contributed by atoms with Crippen molar-refractivity contribution in [2.24, 2.45) is 15.0 Å². The highest BCUT2D eigenvalue weighted by Crippen LogP contribution is 2.37. The van der Waals surface area contributed by atoms with Crippen LogP contribution in [0.1, 0.15) is 90.4 Å². The smallest absolute Gasteiger partial charge is 0.305 e. The SMILES string of the molecule is CCCCN(CC(O)CO)c1ccc2cc(/C=C3/N=C(C)N(C)C3=O)sc2c1.CCCCN(CCO)c1ccc2cc(/C=C3N=C(/C=C/c4ccccc4)N(C)C/3=O)sc2c1.CN1C(=O)/C(=C\c2cc3ccc(N(C)CCOCCC(=O)O)cc3s2)N=C1c1ccccc1.[C-]#[N+]/C(C)=C\c1cc2ccc(N(C)CCOCCOCCOCCOCCOC)cc2s1. The van der Waals surface area contributed by atoms with Gasteiger partial charge in [-0.05, 0) is 157 Å². The van der Waals surface area contributed by atoms with Crippen molar-refractivity contribution in [3.05, 3.63) is 229 Å². The molecule has 0 spiro atoms. The number of carboxylic acid groups (broad SMARTS) is 1. The molecule has 3 aliphatic rings. The van der Waals surface area contributed by atoms with Crippen LogP contribution >= 0.6 is 45.3 Å². The number of aliphatic imine (C=N–C) groups is 3. The number of aliphatic hydroxyl groups is 3. The Balaban J connectivity index is 0.000000176. The van der Waals surface area contributed by atoms with E-state index in [1.807, 2.05) is 130 Å². The Bertz CT molecular complexity index is 5570. The number of fused-ring (bicyclic) bond motifs is 4. The Hall–Kier alpha value is -10.9. The minimum atomic E-state index is -0.856. The van der Waals surface area contributed by atoms with E-state index in [1.54, 1.807) is 88.3 Å². The summed E-state index contributed by atoms with van der Waals surface area (Å²) in [6.07, 6.45) is 14.9. The number of aliphatic hydroxyl groups excluding tert-OH is 3. The molecule has 0 fully saturated rings. The monoisotopic (exact) mass is 1790 g/mol. The molecule has 13 rings (SSSR count). The molecule has 6 aromatic carbocycles. The number of allylic oxidation sites excluding steroid dienone is 1. The molecule has 126 heavy (non-hydrogen) atoms. The van der Waals surface area contributed by atoms with E-state index in [4.69, 9.17) is 40.1 Å². The molecule has 7 heterocycles. The van der Waals surface area contributed by atoms with Crippen LogP contribution in [0.25, 0.3) is 75.6 Å². The molecule has 0 aliphatic carbocycles. The molecule has 666 valence electrons. The van der Waals surface area contributed by atoms with Crippen LogP contribution in [0.4, 0.5) is 22.7 Å². The summed E-state index contributed by atoms with van der Waals surface area (Å²) in [6.45, 7) is 25.0. The minimum Gasteiger partial charge on any atom is -0.481 e. The molecule has 25 nitrogen and oxygen atoms in total. The molecule has 1 atom stereocenters. The maximum absolute atomic E-state index is 12.7. The van der Waals surface area contributed by atoms with E-state index in [0.717, 1.165) is 129 Å². The van der Waals surface area contributed by atoms with Crippen LogP contribution in [-0.2, 0) is 47.6 Å². The van der Waals surface area contributed by atoms with Gasteiger partial charge in [0.2, 0.25) is 0 Å². The highest BCUT2D eigenvalue weighted by molar-refractivity contribution is 7.21. The average Bonchev–Trinajstić information content (AvgIpc) is 1.66. The Labute approximate surface area is 754 Å². The molecule has 29 heteroatoms. The molecule has 4 N–H and O–H groups in total. The first-order valence-corrected chi connectivity index (χ1v) is 45.5. The highest BCUT2D eigenvalue weighted by atomic mass is 32.1. The van der Waals surface area contributed by atoms with Crippen molar-refractivity contribution in [1.29, 1.82) is 0 Å². The molecule has 0 bridgehead atoms. The lowest BCUT2D eigenvalue weighted by atomic mass is 10.2. The first-order valence-electron chi connectivity index (χ1n) is 42.2. The molecule has 1 unspecified atom stereocenters. The maximum Gasteiger partial charge on any atom is 0.305 e. The third-order valence-corrected chi connectivity index (χ3v) is 24.7. The van der Waals surface area contributed by atoms with E-state index in [0.29, 0.717) is 126 Å². The highest BCUT2D eigenvalue weighted by Gasteiger charge is 2.30. The largest absolute Gasteiger partial charge is 0.481 e. The number of hydrogen-bond donors (Lipinski definition) is 4. The van der Waals surface area contributed by atoms with Crippen molar-refractivity contribution in [2.45, 2.75) is 65.9 Å². The quantitative estimate of drug-likeness (QED) is 0.0157. The van der Waals surface area contributed by atoms with Gasteiger partial charge in [0.25, 0.3) is 17.7 Å². The zero-order valence-corrected chi connectivity index (χ0v) is 76.7. The lowest BCUT2D eigenvalue weighted by Crippen LogP contribution is -2.35. The van der Waals surface area contributed by atoms with E-state index in [9.17, 15) is 34.5 Å². The predicted molar refractivity (Wildman–Crippen MR) is 518 cm³/mol. The number of aliphatic carboxylic acids is 1. The van der Waals surface area contributed by atoms with Crippen molar-refractivity contribution in [2.75, 3.05) is 187 Å². The third-order valence-electron chi connectivity index (χ3n) is 20.5. The van der Waals surface area contributed by atoms with Gasteiger partial charge in [-0.3, -0.25) is 33.9 Å². The summed E-state index contributed by atoms with van der Waals surface area (Å²) >= 11 is 6.58. The van der Waals surface area contributed by atoms with Crippen LogP contribution in [-0.4, -0.2) is 250 Å². The minimum absolute atomic E-state index is 0.0122. The molecular weight excluding hydrogens is 1670 g/mol. The Morgan fingerprint density at radius 1 is 0.508 bits per heavy atom.